The van der Waals surface area contributed by atoms with Crippen LogP contribution in [-0.2, 0) is 17.6 Å². The molecule has 2 heterocycles. The summed E-state index contributed by atoms with van der Waals surface area (Å²) in [5.74, 6) is 0.294. The van der Waals surface area contributed by atoms with Crippen LogP contribution in [0.3, 0.4) is 0 Å². The van der Waals surface area contributed by atoms with Crippen molar-refractivity contribution in [3.05, 3.63) is 90.1 Å². The SMILES string of the molecule is O=C(NC(Cc1ccccc1)C(=O)NCCc1nc2ccccc2[nH]1)c1ccco1. The molecule has 4 rings (SSSR count). The van der Waals surface area contributed by atoms with Gasteiger partial charge in [-0.05, 0) is 29.8 Å². The van der Waals surface area contributed by atoms with Crippen molar-refractivity contribution < 1.29 is 14.0 Å². The number of imidazole rings is 1. The minimum Gasteiger partial charge on any atom is -0.459 e. The van der Waals surface area contributed by atoms with Gasteiger partial charge >= 0.3 is 0 Å². The molecule has 0 radical (unpaired) electrons. The molecule has 0 aliphatic rings. The van der Waals surface area contributed by atoms with Crippen molar-refractivity contribution in [2.75, 3.05) is 6.54 Å². The van der Waals surface area contributed by atoms with Crippen LogP contribution in [0.4, 0.5) is 0 Å². The molecular formula is C23H22N4O3. The first kappa shape index (κ1) is 19.4. The fourth-order valence-electron chi connectivity index (χ4n) is 3.25. The molecule has 4 aromatic rings. The number of furan rings is 1. The number of rotatable bonds is 8. The van der Waals surface area contributed by atoms with Crippen LogP contribution in [0.15, 0.2) is 77.4 Å². The molecule has 2 aromatic carbocycles. The van der Waals surface area contributed by atoms with Crippen LogP contribution >= 0.6 is 0 Å². The van der Waals surface area contributed by atoms with Crippen molar-refractivity contribution in [2.45, 2.75) is 18.9 Å². The molecule has 1 unspecified atom stereocenters. The molecule has 0 spiro atoms. The van der Waals surface area contributed by atoms with Crippen molar-refractivity contribution in [2.24, 2.45) is 0 Å². The zero-order chi connectivity index (χ0) is 20.8. The maximum absolute atomic E-state index is 12.8. The number of nitrogens with one attached hydrogen (secondary N) is 3. The molecule has 0 fully saturated rings. The highest BCUT2D eigenvalue weighted by atomic mass is 16.3. The number of hydrogen-bond donors (Lipinski definition) is 3. The molecule has 0 bridgehead atoms. The zero-order valence-electron chi connectivity index (χ0n) is 16.3. The molecule has 2 aromatic heterocycles. The van der Waals surface area contributed by atoms with Gasteiger partial charge in [-0.15, -0.1) is 0 Å². The quantitative estimate of drug-likeness (QED) is 0.422. The number of fused-ring (bicyclic) bond motifs is 1. The topological polar surface area (TPSA) is 100 Å². The normalized spacial score (nSPS) is 11.9. The number of H-pyrrole nitrogens is 1. The van der Waals surface area contributed by atoms with Gasteiger partial charge in [-0.25, -0.2) is 4.98 Å². The van der Waals surface area contributed by atoms with Gasteiger partial charge in [-0.1, -0.05) is 42.5 Å². The number of benzene rings is 2. The number of carbonyl (C=O) groups excluding carboxylic acids is 2. The maximum atomic E-state index is 12.8. The van der Waals surface area contributed by atoms with E-state index >= 15 is 0 Å². The lowest BCUT2D eigenvalue weighted by molar-refractivity contribution is -0.122. The van der Waals surface area contributed by atoms with Crippen LogP contribution in [0.25, 0.3) is 11.0 Å². The third-order valence-electron chi connectivity index (χ3n) is 4.75. The predicted octanol–water partition coefficient (Wildman–Crippen LogP) is 2.86. The second-order valence-corrected chi connectivity index (χ2v) is 6.93. The van der Waals surface area contributed by atoms with E-state index in [9.17, 15) is 9.59 Å². The Hall–Kier alpha value is -3.87. The average molecular weight is 402 g/mol. The van der Waals surface area contributed by atoms with Gasteiger partial charge in [-0.3, -0.25) is 9.59 Å². The summed E-state index contributed by atoms with van der Waals surface area (Å²) in [7, 11) is 0. The number of aromatic nitrogens is 2. The van der Waals surface area contributed by atoms with E-state index in [2.05, 4.69) is 20.6 Å². The monoisotopic (exact) mass is 402 g/mol. The Morgan fingerprint density at radius 1 is 1.00 bits per heavy atom. The lowest BCUT2D eigenvalue weighted by atomic mass is 10.0. The van der Waals surface area contributed by atoms with Gasteiger partial charge in [0.25, 0.3) is 5.91 Å². The van der Waals surface area contributed by atoms with Gasteiger partial charge in [0.15, 0.2) is 5.76 Å². The summed E-state index contributed by atoms with van der Waals surface area (Å²) in [5.41, 5.74) is 2.81. The number of hydrogen-bond acceptors (Lipinski definition) is 4. The van der Waals surface area contributed by atoms with Crippen LogP contribution in [0.2, 0.25) is 0 Å². The van der Waals surface area contributed by atoms with Crippen molar-refractivity contribution in [3.63, 3.8) is 0 Å². The summed E-state index contributed by atoms with van der Waals surface area (Å²) < 4.78 is 5.14. The smallest absolute Gasteiger partial charge is 0.287 e. The molecule has 0 aliphatic heterocycles. The summed E-state index contributed by atoms with van der Waals surface area (Å²) in [6.07, 6.45) is 2.36. The lowest BCUT2D eigenvalue weighted by Gasteiger charge is -2.18. The largest absolute Gasteiger partial charge is 0.459 e. The molecular weight excluding hydrogens is 380 g/mol. The summed E-state index contributed by atoms with van der Waals surface area (Å²) >= 11 is 0. The minimum atomic E-state index is -0.722. The van der Waals surface area contributed by atoms with Crippen molar-refractivity contribution >= 4 is 22.8 Å². The molecule has 152 valence electrons. The highest BCUT2D eigenvalue weighted by Crippen LogP contribution is 2.10. The molecule has 7 heteroatoms. The van der Waals surface area contributed by atoms with Gasteiger partial charge in [0, 0.05) is 19.4 Å². The van der Waals surface area contributed by atoms with Crippen molar-refractivity contribution in [1.29, 1.82) is 0 Å². The van der Waals surface area contributed by atoms with Crippen LogP contribution in [0.5, 0.6) is 0 Å². The molecule has 2 amide bonds. The maximum Gasteiger partial charge on any atom is 0.287 e. The second kappa shape index (κ2) is 9.09. The van der Waals surface area contributed by atoms with Gasteiger partial charge in [0.05, 0.1) is 17.3 Å². The van der Waals surface area contributed by atoms with E-state index < -0.39 is 11.9 Å². The fourth-order valence-corrected chi connectivity index (χ4v) is 3.25. The highest BCUT2D eigenvalue weighted by Gasteiger charge is 2.22. The number of para-hydroxylation sites is 2. The second-order valence-electron chi connectivity index (χ2n) is 6.93. The first-order valence-corrected chi connectivity index (χ1v) is 9.78. The van der Waals surface area contributed by atoms with E-state index in [1.54, 1.807) is 12.1 Å². The molecule has 1 atom stereocenters. The lowest BCUT2D eigenvalue weighted by Crippen LogP contribution is -2.48. The number of carbonyl (C=O) groups is 2. The fraction of sp³-hybridized carbons (Fsp3) is 0.174. The third-order valence-corrected chi connectivity index (χ3v) is 4.75. The minimum absolute atomic E-state index is 0.170. The third kappa shape index (κ3) is 4.75. The average Bonchev–Trinajstić information content (AvgIpc) is 3.43. The van der Waals surface area contributed by atoms with Crippen molar-refractivity contribution in [3.8, 4) is 0 Å². The standard InChI is InChI=1S/C23H22N4O3/c28-22(24-13-12-21-25-17-9-4-5-10-18(17)26-21)19(15-16-7-2-1-3-8-16)27-23(29)20-11-6-14-30-20/h1-11,14,19H,12-13,15H2,(H,24,28)(H,25,26)(H,27,29). The number of amides is 2. The summed E-state index contributed by atoms with van der Waals surface area (Å²) in [4.78, 5) is 33.0. The van der Waals surface area contributed by atoms with Crippen LogP contribution in [-0.4, -0.2) is 34.4 Å². The Labute approximate surface area is 173 Å². The highest BCUT2D eigenvalue weighted by molar-refractivity contribution is 5.95. The zero-order valence-corrected chi connectivity index (χ0v) is 16.3. The number of nitrogens with zero attached hydrogens (tertiary/aromatic N) is 1. The Bertz CT molecular complexity index is 1090. The summed E-state index contributed by atoms with van der Waals surface area (Å²) in [5, 5.41) is 5.67. The van der Waals surface area contributed by atoms with Crippen LogP contribution < -0.4 is 10.6 Å². The Morgan fingerprint density at radius 3 is 2.57 bits per heavy atom. The van der Waals surface area contributed by atoms with Gasteiger partial charge < -0.3 is 20.0 Å². The number of aromatic amines is 1. The Morgan fingerprint density at radius 2 is 1.80 bits per heavy atom. The molecule has 0 aliphatic carbocycles. The van der Waals surface area contributed by atoms with E-state index in [-0.39, 0.29) is 11.7 Å². The van der Waals surface area contributed by atoms with E-state index in [1.165, 1.54) is 6.26 Å². The summed E-state index contributed by atoms with van der Waals surface area (Å²) in [6.45, 7) is 0.403. The Balaban J connectivity index is 1.39. The predicted molar refractivity (Wildman–Crippen MR) is 113 cm³/mol. The van der Waals surface area contributed by atoms with Gasteiger partial charge in [0.2, 0.25) is 5.91 Å². The van der Waals surface area contributed by atoms with E-state index in [0.717, 1.165) is 22.4 Å². The summed E-state index contributed by atoms with van der Waals surface area (Å²) in [6, 6.07) is 19.8. The molecule has 7 nitrogen and oxygen atoms in total. The first-order chi connectivity index (χ1) is 14.7. The Kier molecular flexibility index (Phi) is 5.89. The molecule has 3 N–H and O–H groups in total. The van der Waals surface area contributed by atoms with E-state index in [4.69, 9.17) is 4.42 Å². The van der Waals surface area contributed by atoms with Gasteiger partial charge in [-0.2, -0.15) is 0 Å². The van der Waals surface area contributed by atoms with Crippen molar-refractivity contribution in [1.82, 2.24) is 20.6 Å². The molecule has 0 saturated carbocycles. The van der Waals surface area contributed by atoms with E-state index in [0.29, 0.717) is 19.4 Å². The first-order valence-electron chi connectivity index (χ1n) is 9.78. The van der Waals surface area contributed by atoms with E-state index in [1.807, 2.05) is 54.6 Å². The van der Waals surface area contributed by atoms with Gasteiger partial charge in [0.1, 0.15) is 11.9 Å². The molecule has 30 heavy (non-hydrogen) atoms. The molecule has 0 saturated heterocycles. The van der Waals surface area contributed by atoms with Crippen LogP contribution in [0.1, 0.15) is 21.9 Å². The van der Waals surface area contributed by atoms with Crippen LogP contribution in [0, 0.1) is 0 Å².